The molecule has 0 N–H and O–H groups in total. The zero-order valence-electron chi connectivity index (χ0n) is 7.81. The lowest BCUT2D eigenvalue weighted by molar-refractivity contribution is 0.407. The van der Waals surface area contributed by atoms with E-state index in [1.165, 1.54) is 18.4 Å². The molecule has 2 heteroatoms. The highest BCUT2D eigenvalue weighted by atomic mass is 16.5. The molecule has 0 saturated heterocycles. The molecule has 0 radical (unpaired) electrons. The molecule has 2 aromatic rings. The van der Waals surface area contributed by atoms with Crippen LogP contribution in [0.25, 0.3) is 0 Å². The van der Waals surface area contributed by atoms with Crippen LogP contribution in [0.2, 0.25) is 0 Å². The predicted octanol–water partition coefficient (Wildman–Crippen LogP) is 2.75. The Bertz CT molecular complexity index is 415. The van der Waals surface area contributed by atoms with Crippen molar-refractivity contribution in [1.29, 1.82) is 0 Å². The zero-order valence-corrected chi connectivity index (χ0v) is 7.81. The van der Waals surface area contributed by atoms with Crippen molar-refractivity contribution in [3.63, 3.8) is 0 Å². The first-order chi connectivity index (χ1) is 6.92. The van der Waals surface area contributed by atoms with E-state index in [4.69, 9.17) is 4.52 Å². The largest absolute Gasteiger partial charge is 0.364 e. The fourth-order valence-corrected chi connectivity index (χ4v) is 2.03. The molecule has 1 saturated carbocycles. The standard InChI is InChI=1S/C12H11NO/c1-2-4-10(5-3-1)12(7-8-12)11-6-9-14-13-11/h1-6,9H,7-8H2. The first kappa shape index (κ1) is 7.80. The van der Waals surface area contributed by atoms with E-state index in [1.54, 1.807) is 6.26 Å². The minimum Gasteiger partial charge on any atom is -0.364 e. The second kappa shape index (κ2) is 2.71. The number of hydrogen-bond donors (Lipinski definition) is 0. The third kappa shape index (κ3) is 1.00. The highest BCUT2D eigenvalue weighted by Gasteiger charge is 2.47. The van der Waals surface area contributed by atoms with Gasteiger partial charge in [0.05, 0.1) is 5.69 Å². The van der Waals surface area contributed by atoms with E-state index in [0.717, 1.165) is 5.69 Å². The van der Waals surface area contributed by atoms with Crippen LogP contribution in [0.1, 0.15) is 24.1 Å². The minimum atomic E-state index is 0.161. The average Bonchev–Trinajstić information content (AvgIpc) is 2.88. The molecule has 1 aromatic heterocycles. The molecule has 0 spiro atoms. The second-order valence-electron chi connectivity index (χ2n) is 3.83. The smallest absolute Gasteiger partial charge is 0.124 e. The van der Waals surface area contributed by atoms with Crippen LogP contribution in [0.4, 0.5) is 0 Å². The molecule has 14 heavy (non-hydrogen) atoms. The van der Waals surface area contributed by atoms with E-state index in [1.807, 2.05) is 12.1 Å². The Morgan fingerprint density at radius 3 is 2.43 bits per heavy atom. The Labute approximate surface area is 82.5 Å². The Balaban J connectivity index is 2.07. The molecular weight excluding hydrogens is 174 g/mol. The lowest BCUT2D eigenvalue weighted by Gasteiger charge is -2.11. The monoisotopic (exact) mass is 185 g/mol. The van der Waals surface area contributed by atoms with Gasteiger partial charge in [0, 0.05) is 11.5 Å². The molecule has 0 unspecified atom stereocenters. The molecule has 0 bridgehead atoms. The Hall–Kier alpha value is -1.57. The van der Waals surface area contributed by atoms with Crippen molar-refractivity contribution in [3.05, 3.63) is 53.9 Å². The summed E-state index contributed by atoms with van der Waals surface area (Å²) in [5.41, 5.74) is 2.59. The summed E-state index contributed by atoms with van der Waals surface area (Å²) < 4.78 is 4.91. The summed E-state index contributed by atoms with van der Waals surface area (Å²) in [5, 5.41) is 4.05. The number of rotatable bonds is 2. The summed E-state index contributed by atoms with van der Waals surface area (Å²) in [7, 11) is 0. The lowest BCUT2D eigenvalue weighted by Crippen LogP contribution is -2.08. The Morgan fingerprint density at radius 1 is 1.07 bits per heavy atom. The number of aromatic nitrogens is 1. The van der Waals surface area contributed by atoms with Crippen molar-refractivity contribution < 1.29 is 4.52 Å². The maximum absolute atomic E-state index is 4.91. The number of nitrogens with zero attached hydrogens (tertiary/aromatic N) is 1. The van der Waals surface area contributed by atoms with Crippen molar-refractivity contribution in [1.82, 2.24) is 5.16 Å². The highest BCUT2D eigenvalue weighted by molar-refractivity contribution is 5.40. The van der Waals surface area contributed by atoms with Gasteiger partial charge in [0.25, 0.3) is 0 Å². The summed E-state index contributed by atoms with van der Waals surface area (Å²) in [4.78, 5) is 0. The summed E-state index contributed by atoms with van der Waals surface area (Å²) in [5.74, 6) is 0. The summed E-state index contributed by atoms with van der Waals surface area (Å²) in [6.07, 6.45) is 4.02. The van der Waals surface area contributed by atoms with Crippen LogP contribution < -0.4 is 0 Å². The molecule has 0 aliphatic heterocycles. The maximum atomic E-state index is 4.91. The van der Waals surface area contributed by atoms with Gasteiger partial charge in [0.2, 0.25) is 0 Å². The van der Waals surface area contributed by atoms with Crippen LogP contribution in [0.3, 0.4) is 0 Å². The fourth-order valence-electron chi connectivity index (χ4n) is 2.03. The first-order valence-corrected chi connectivity index (χ1v) is 4.88. The normalized spacial score (nSPS) is 18.0. The summed E-state index contributed by atoms with van der Waals surface area (Å²) in [6.45, 7) is 0. The molecule has 2 nitrogen and oxygen atoms in total. The van der Waals surface area contributed by atoms with Crippen LogP contribution in [0.5, 0.6) is 0 Å². The molecule has 1 aliphatic rings. The van der Waals surface area contributed by atoms with Crippen molar-refractivity contribution in [2.24, 2.45) is 0 Å². The van der Waals surface area contributed by atoms with Gasteiger partial charge in [-0.15, -0.1) is 0 Å². The van der Waals surface area contributed by atoms with Crippen LogP contribution in [0, 0.1) is 0 Å². The van der Waals surface area contributed by atoms with Gasteiger partial charge >= 0.3 is 0 Å². The predicted molar refractivity (Wildman–Crippen MR) is 53.0 cm³/mol. The zero-order chi connectivity index (χ0) is 9.43. The molecule has 3 rings (SSSR count). The topological polar surface area (TPSA) is 26.0 Å². The number of hydrogen-bond acceptors (Lipinski definition) is 2. The van der Waals surface area contributed by atoms with E-state index in [9.17, 15) is 0 Å². The van der Waals surface area contributed by atoms with Crippen molar-refractivity contribution in [2.45, 2.75) is 18.3 Å². The van der Waals surface area contributed by atoms with E-state index in [0.29, 0.717) is 0 Å². The SMILES string of the molecule is c1ccc(C2(c3ccon3)CC2)cc1. The van der Waals surface area contributed by atoms with E-state index < -0.39 is 0 Å². The fraction of sp³-hybridized carbons (Fsp3) is 0.250. The molecule has 1 heterocycles. The van der Waals surface area contributed by atoms with Gasteiger partial charge < -0.3 is 4.52 Å². The van der Waals surface area contributed by atoms with Gasteiger partial charge in [-0.1, -0.05) is 35.5 Å². The molecule has 1 aromatic carbocycles. The van der Waals surface area contributed by atoms with Gasteiger partial charge in [-0.2, -0.15) is 0 Å². The Morgan fingerprint density at radius 2 is 1.86 bits per heavy atom. The minimum absolute atomic E-state index is 0.161. The summed E-state index contributed by atoms with van der Waals surface area (Å²) >= 11 is 0. The summed E-state index contributed by atoms with van der Waals surface area (Å²) in [6, 6.07) is 12.5. The van der Waals surface area contributed by atoms with Crippen LogP contribution in [-0.2, 0) is 5.41 Å². The van der Waals surface area contributed by atoms with Crippen LogP contribution in [-0.4, -0.2) is 5.16 Å². The Kier molecular flexibility index (Phi) is 1.51. The first-order valence-electron chi connectivity index (χ1n) is 4.88. The maximum Gasteiger partial charge on any atom is 0.124 e. The van der Waals surface area contributed by atoms with E-state index >= 15 is 0 Å². The van der Waals surface area contributed by atoms with Gasteiger partial charge in [-0.3, -0.25) is 0 Å². The van der Waals surface area contributed by atoms with Crippen LogP contribution >= 0.6 is 0 Å². The number of benzene rings is 1. The van der Waals surface area contributed by atoms with Gasteiger partial charge in [0.1, 0.15) is 6.26 Å². The van der Waals surface area contributed by atoms with Gasteiger partial charge in [-0.25, -0.2) is 0 Å². The van der Waals surface area contributed by atoms with E-state index in [-0.39, 0.29) is 5.41 Å². The third-order valence-electron chi connectivity index (χ3n) is 3.00. The molecule has 1 aliphatic carbocycles. The third-order valence-corrected chi connectivity index (χ3v) is 3.00. The molecule has 70 valence electrons. The second-order valence-corrected chi connectivity index (χ2v) is 3.83. The van der Waals surface area contributed by atoms with Crippen molar-refractivity contribution >= 4 is 0 Å². The molecular formula is C12H11NO. The van der Waals surface area contributed by atoms with Gasteiger partial charge in [0.15, 0.2) is 0 Å². The quantitative estimate of drug-likeness (QED) is 0.719. The van der Waals surface area contributed by atoms with Crippen LogP contribution in [0.15, 0.2) is 47.2 Å². The van der Waals surface area contributed by atoms with Gasteiger partial charge in [-0.05, 0) is 18.4 Å². The molecule has 0 amide bonds. The molecule has 1 fully saturated rings. The molecule has 0 atom stereocenters. The van der Waals surface area contributed by atoms with Crippen molar-refractivity contribution in [3.8, 4) is 0 Å². The average molecular weight is 185 g/mol. The van der Waals surface area contributed by atoms with Crippen molar-refractivity contribution in [2.75, 3.05) is 0 Å². The lowest BCUT2D eigenvalue weighted by atomic mass is 9.93. The highest BCUT2D eigenvalue weighted by Crippen LogP contribution is 2.52. The van der Waals surface area contributed by atoms with E-state index in [2.05, 4.69) is 29.4 Å².